The fraction of sp³-hybridized carbons (Fsp3) is 0.409. The zero-order chi connectivity index (χ0) is 21.5. The molecule has 2 aromatic rings. The van der Waals surface area contributed by atoms with Crippen molar-refractivity contribution in [1.29, 1.82) is 0 Å². The normalized spacial score (nSPS) is 16.4. The van der Waals surface area contributed by atoms with Gasteiger partial charge in [0.1, 0.15) is 18.5 Å². The van der Waals surface area contributed by atoms with Gasteiger partial charge < -0.3 is 15.6 Å². The second-order valence-electron chi connectivity index (χ2n) is 7.56. The molecule has 2 aromatic carbocycles. The van der Waals surface area contributed by atoms with Crippen molar-refractivity contribution >= 4 is 29.1 Å². The predicted octanol–water partition coefficient (Wildman–Crippen LogP) is 2.58. The van der Waals surface area contributed by atoms with Crippen molar-refractivity contribution in [3.63, 3.8) is 0 Å². The van der Waals surface area contributed by atoms with Gasteiger partial charge in [0, 0.05) is 54.9 Å². The lowest BCUT2D eigenvalue weighted by Crippen LogP contribution is -2.48. The number of hydrogen-bond donors (Lipinski definition) is 2. The number of rotatable bonds is 9. The molecule has 0 radical (unpaired) electrons. The first-order valence-electron chi connectivity index (χ1n) is 9.96. The summed E-state index contributed by atoms with van der Waals surface area (Å²) in [6, 6.07) is 13.0. The molecule has 3 N–H and O–H groups in total. The van der Waals surface area contributed by atoms with Crippen LogP contribution in [-0.4, -0.2) is 66.2 Å². The smallest absolute Gasteiger partial charge is 0.221 e. The highest BCUT2D eigenvalue weighted by Gasteiger charge is 2.20. The molecule has 1 aliphatic rings. The SMILES string of the molecule is NC(=O)Cc1cc(Cl)ccc1OCC(O)CN1CCN(Cc2ccc(Cl)cc2)CC1. The van der Waals surface area contributed by atoms with Gasteiger partial charge in [-0.05, 0) is 35.9 Å². The van der Waals surface area contributed by atoms with Crippen molar-refractivity contribution in [1.82, 2.24) is 9.80 Å². The standard InChI is InChI=1S/C22H27Cl2N3O3/c23-18-3-1-16(2-4-18)13-26-7-9-27(10-8-26)14-20(28)15-30-21-6-5-19(24)11-17(21)12-22(25)29/h1-6,11,20,28H,7-10,12-15H2,(H2,25,29). The molecule has 1 fully saturated rings. The summed E-state index contributed by atoms with van der Waals surface area (Å²) in [6.45, 7) is 5.23. The van der Waals surface area contributed by atoms with Crippen molar-refractivity contribution < 1.29 is 14.6 Å². The number of hydrogen-bond acceptors (Lipinski definition) is 5. The minimum absolute atomic E-state index is 0.0432. The van der Waals surface area contributed by atoms with Gasteiger partial charge in [0.25, 0.3) is 0 Å². The number of nitrogens with zero attached hydrogens (tertiary/aromatic N) is 2. The van der Waals surface area contributed by atoms with E-state index in [1.54, 1.807) is 18.2 Å². The molecule has 1 heterocycles. The van der Waals surface area contributed by atoms with Gasteiger partial charge in [0.05, 0.1) is 6.42 Å². The van der Waals surface area contributed by atoms with Gasteiger partial charge in [-0.2, -0.15) is 0 Å². The number of aliphatic hydroxyl groups excluding tert-OH is 1. The lowest BCUT2D eigenvalue weighted by Gasteiger charge is -2.35. The molecule has 0 aromatic heterocycles. The first-order chi connectivity index (χ1) is 14.4. The Morgan fingerprint density at radius 2 is 1.67 bits per heavy atom. The fourth-order valence-electron chi connectivity index (χ4n) is 3.53. The Morgan fingerprint density at radius 1 is 1.03 bits per heavy atom. The van der Waals surface area contributed by atoms with Gasteiger partial charge in [-0.3, -0.25) is 14.6 Å². The van der Waals surface area contributed by atoms with Crippen LogP contribution in [0.3, 0.4) is 0 Å². The Hall–Kier alpha value is -1.83. The van der Waals surface area contributed by atoms with E-state index in [4.69, 9.17) is 33.7 Å². The van der Waals surface area contributed by atoms with E-state index in [0.717, 1.165) is 37.7 Å². The molecule has 8 heteroatoms. The van der Waals surface area contributed by atoms with Crippen molar-refractivity contribution in [3.8, 4) is 5.75 Å². The number of piperazine rings is 1. The van der Waals surface area contributed by atoms with Gasteiger partial charge in [0.15, 0.2) is 0 Å². The van der Waals surface area contributed by atoms with E-state index in [-0.39, 0.29) is 13.0 Å². The van der Waals surface area contributed by atoms with Crippen LogP contribution in [0, 0.1) is 0 Å². The summed E-state index contributed by atoms with van der Waals surface area (Å²) in [5, 5.41) is 11.7. The Balaban J connectivity index is 1.42. The molecule has 0 aliphatic carbocycles. The highest BCUT2D eigenvalue weighted by atomic mass is 35.5. The van der Waals surface area contributed by atoms with E-state index in [1.807, 2.05) is 12.1 Å². The number of amides is 1. The lowest BCUT2D eigenvalue weighted by molar-refractivity contribution is -0.117. The minimum Gasteiger partial charge on any atom is -0.491 e. The van der Waals surface area contributed by atoms with E-state index >= 15 is 0 Å². The Bertz CT molecular complexity index is 840. The van der Waals surface area contributed by atoms with E-state index in [1.165, 1.54) is 5.56 Å². The predicted molar refractivity (Wildman–Crippen MR) is 119 cm³/mol. The van der Waals surface area contributed by atoms with Crippen molar-refractivity contribution in [2.45, 2.75) is 19.1 Å². The monoisotopic (exact) mass is 451 g/mol. The number of aliphatic hydroxyl groups is 1. The van der Waals surface area contributed by atoms with E-state index in [9.17, 15) is 9.90 Å². The molecule has 0 spiro atoms. The third-order valence-electron chi connectivity index (χ3n) is 5.07. The zero-order valence-electron chi connectivity index (χ0n) is 16.8. The maximum absolute atomic E-state index is 11.2. The number of halogens is 2. The molecule has 162 valence electrons. The summed E-state index contributed by atoms with van der Waals surface area (Å²) < 4.78 is 5.74. The summed E-state index contributed by atoms with van der Waals surface area (Å²) in [7, 11) is 0. The van der Waals surface area contributed by atoms with E-state index in [0.29, 0.717) is 22.9 Å². The Kier molecular flexibility index (Phi) is 8.36. The van der Waals surface area contributed by atoms with Crippen LogP contribution >= 0.6 is 23.2 Å². The van der Waals surface area contributed by atoms with E-state index < -0.39 is 12.0 Å². The summed E-state index contributed by atoms with van der Waals surface area (Å²) in [6.07, 6.45) is -0.591. The van der Waals surface area contributed by atoms with Crippen LogP contribution in [0.4, 0.5) is 0 Å². The maximum Gasteiger partial charge on any atom is 0.221 e. The van der Waals surface area contributed by atoms with Crippen LogP contribution in [0.2, 0.25) is 10.0 Å². The average Bonchev–Trinajstić information content (AvgIpc) is 2.70. The lowest BCUT2D eigenvalue weighted by atomic mass is 10.1. The molecular weight excluding hydrogens is 425 g/mol. The second kappa shape index (κ2) is 11.0. The zero-order valence-corrected chi connectivity index (χ0v) is 18.3. The summed E-state index contributed by atoms with van der Waals surface area (Å²) in [5.74, 6) is 0.0594. The van der Waals surface area contributed by atoms with Gasteiger partial charge in [-0.15, -0.1) is 0 Å². The molecule has 0 saturated carbocycles. The van der Waals surface area contributed by atoms with Crippen LogP contribution in [0.5, 0.6) is 5.75 Å². The quantitative estimate of drug-likeness (QED) is 0.612. The number of primary amides is 1. The topological polar surface area (TPSA) is 79.0 Å². The number of β-amino-alcohol motifs (C(OH)–C–C–N with tert-alkyl or cyclic N) is 1. The first-order valence-corrected chi connectivity index (χ1v) is 10.7. The first kappa shape index (κ1) is 22.8. The number of carbonyl (C=O) groups is 1. The molecule has 1 unspecified atom stereocenters. The molecule has 6 nitrogen and oxygen atoms in total. The van der Waals surface area contributed by atoms with Crippen LogP contribution in [0.25, 0.3) is 0 Å². The number of nitrogens with two attached hydrogens (primary N) is 1. The Morgan fingerprint density at radius 3 is 2.33 bits per heavy atom. The van der Waals surface area contributed by atoms with Crippen molar-refractivity contribution in [2.75, 3.05) is 39.3 Å². The molecule has 1 saturated heterocycles. The van der Waals surface area contributed by atoms with Gasteiger partial charge >= 0.3 is 0 Å². The van der Waals surface area contributed by atoms with Crippen LogP contribution in [-0.2, 0) is 17.8 Å². The van der Waals surface area contributed by atoms with Crippen LogP contribution in [0.1, 0.15) is 11.1 Å². The van der Waals surface area contributed by atoms with Crippen LogP contribution < -0.4 is 10.5 Å². The molecule has 0 bridgehead atoms. The van der Waals surface area contributed by atoms with Gasteiger partial charge in [0.2, 0.25) is 5.91 Å². The molecular formula is C22H27Cl2N3O3. The molecule has 1 amide bonds. The number of benzene rings is 2. The summed E-state index contributed by atoms with van der Waals surface area (Å²) >= 11 is 11.9. The Labute approximate surface area is 187 Å². The average molecular weight is 452 g/mol. The third kappa shape index (κ3) is 7.15. The maximum atomic E-state index is 11.2. The number of carbonyl (C=O) groups excluding carboxylic acids is 1. The highest BCUT2D eigenvalue weighted by Crippen LogP contribution is 2.23. The third-order valence-corrected chi connectivity index (χ3v) is 5.56. The van der Waals surface area contributed by atoms with Crippen molar-refractivity contribution in [2.24, 2.45) is 5.73 Å². The van der Waals surface area contributed by atoms with Gasteiger partial charge in [-0.1, -0.05) is 35.3 Å². The molecule has 30 heavy (non-hydrogen) atoms. The summed E-state index contributed by atoms with van der Waals surface area (Å²) in [4.78, 5) is 15.9. The van der Waals surface area contributed by atoms with Crippen LogP contribution in [0.15, 0.2) is 42.5 Å². The molecule has 3 rings (SSSR count). The van der Waals surface area contributed by atoms with Gasteiger partial charge in [-0.25, -0.2) is 0 Å². The largest absolute Gasteiger partial charge is 0.491 e. The van der Waals surface area contributed by atoms with E-state index in [2.05, 4.69) is 21.9 Å². The minimum atomic E-state index is -0.634. The molecule has 1 aliphatic heterocycles. The fourth-order valence-corrected chi connectivity index (χ4v) is 3.85. The molecule has 1 atom stereocenters. The second-order valence-corrected chi connectivity index (χ2v) is 8.44. The highest BCUT2D eigenvalue weighted by molar-refractivity contribution is 6.30. The summed E-state index contributed by atoms with van der Waals surface area (Å²) in [5.41, 5.74) is 7.16. The number of ether oxygens (including phenoxy) is 1. The van der Waals surface area contributed by atoms with Crippen molar-refractivity contribution in [3.05, 3.63) is 63.6 Å².